The number of nitrogens with two attached hydrogens (primary N) is 1. The third-order valence-electron chi connectivity index (χ3n) is 2.62. The highest BCUT2D eigenvalue weighted by Crippen LogP contribution is 2.33. The second-order valence-corrected chi connectivity index (χ2v) is 3.75. The molecule has 0 bridgehead atoms. The van der Waals surface area contributed by atoms with Crippen molar-refractivity contribution in [2.75, 3.05) is 26.4 Å². The molecule has 0 aromatic heterocycles. The van der Waals surface area contributed by atoms with Gasteiger partial charge in [0, 0.05) is 13.2 Å². The van der Waals surface area contributed by atoms with Crippen molar-refractivity contribution in [2.45, 2.75) is 26.6 Å². The maximum absolute atomic E-state index is 5.87. The van der Waals surface area contributed by atoms with Crippen molar-refractivity contribution in [3.8, 4) is 5.75 Å². The molecule has 0 unspecified atom stereocenters. The lowest BCUT2D eigenvalue weighted by Gasteiger charge is -2.33. The van der Waals surface area contributed by atoms with Crippen LogP contribution in [-0.4, -0.2) is 26.4 Å². The second kappa shape index (κ2) is 7.36. The highest BCUT2D eigenvalue weighted by molar-refractivity contribution is 5.37. The van der Waals surface area contributed by atoms with Crippen LogP contribution in [0, 0.1) is 0 Å². The van der Waals surface area contributed by atoms with Gasteiger partial charge in [-0.15, -0.1) is 0 Å². The van der Waals surface area contributed by atoms with E-state index in [9.17, 15) is 0 Å². The first kappa shape index (κ1) is 15.0. The smallest absolute Gasteiger partial charge is 0.211 e. The molecule has 2 N–H and O–H groups in total. The van der Waals surface area contributed by atoms with Crippen LogP contribution in [-0.2, 0) is 15.3 Å². The molecule has 18 heavy (non-hydrogen) atoms. The van der Waals surface area contributed by atoms with Gasteiger partial charge in [0.1, 0.15) is 5.75 Å². The van der Waals surface area contributed by atoms with Crippen LogP contribution in [0.1, 0.15) is 26.3 Å². The first-order valence-corrected chi connectivity index (χ1v) is 6.44. The maximum Gasteiger partial charge on any atom is 0.211 e. The van der Waals surface area contributed by atoms with E-state index in [1.807, 2.05) is 45.0 Å². The number of para-hydroxylation sites is 1. The fourth-order valence-corrected chi connectivity index (χ4v) is 1.95. The second-order valence-electron chi connectivity index (χ2n) is 3.75. The van der Waals surface area contributed by atoms with E-state index < -0.39 is 5.79 Å². The van der Waals surface area contributed by atoms with Gasteiger partial charge in [-0.25, -0.2) is 0 Å². The summed E-state index contributed by atoms with van der Waals surface area (Å²) in [6.07, 6.45) is 0. The normalized spacial score (nSPS) is 11.6. The first-order valence-electron chi connectivity index (χ1n) is 6.44. The molecule has 1 rings (SSSR count). The third-order valence-corrected chi connectivity index (χ3v) is 2.62. The SMILES string of the molecule is CCOc1ccccc1C(CN)(OCC)OCC. The minimum atomic E-state index is -0.921. The van der Waals surface area contributed by atoms with E-state index in [0.717, 1.165) is 11.3 Å². The first-order chi connectivity index (χ1) is 8.74. The fourth-order valence-electron chi connectivity index (χ4n) is 1.95. The molecule has 0 aliphatic carbocycles. The lowest BCUT2D eigenvalue weighted by molar-refractivity contribution is -0.236. The summed E-state index contributed by atoms with van der Waals surface area (Å²) >= 11 is 0. The Morgan fingerprint density at radius 3 is 2.11 bits per heavy atom. The molecule has 0 fully saturated rings. The molecule has 0 radical (unpaired) electrons. The minimum absolute atomic E-state index is 0.249. The molecular weight excluding hydrogens is 230 g/mol. The topological polar surface area (TPSA) is 53.7 Å². The van der Waals surface area contributed by atoms with Gasteiger partial charge in [0.2, 0.25) is 5.79 Å². The third kappa shape index (κ3) is 3.22. The molecule has 0 aliphatic rings. The van der Waals surface area contributed by atoms with Crippen molar-refractivity contribution in [1.82, 2.24) is 0 Å². The van der Waals surface area contributed by atoms with Gasteiger partial charge >= 0.3 is 0 Å². The van der Waals surface area contributed by atoms with Gasteiger partial charge in [-0.2, -0.15) is 0 Å². The van der Waals surface area contributed by atoms with E-state index in [2.05, 4.69) is 0 Å². The van der Waals surface area contributed by atoms with Crippen molar-refractivity contribution >= 4 is 0 Å². The van der Waals surface area contributed by atoms with Gasteiger partial charge in [-0.1, -0.05) is 12.1 Å². The summed E-state index contributed by atoms with van der Waals surface area (Å²) in [5.74, 6) is -0.165. The molecule has 0 atom stereocenters. The number of ether oxygens (including phenoxy) is 3. The molecule has 0 aliphatic heterocycles. The average molecular weight is 253 g/mol. The highest BCUT2D eigenvalue weighted by atomic mass is 16.7. The molecule has 4 nitrogen and oxygen atoms in total. The van der Waals surface area contributed by atoms with Gasteiger partial charge in [-0.3, -0.25) is 0 Å². The predicted octanol–water partition coefficient (Wildman–Crippen LogP) is 2.27. The van der Waals surface area contributed by atoms with Gasteiger partial charge in [-0.05, 0) is 32.9 Å². The van der Waals surface area contributed by atoms with E-state index in [1.165, 1.54) is 0 Å². The van der Waals surface area contributed by atoms with Crippen LogP contribution in [0.25, 0.3) is 0 Å². The zero-order chi connectivity index (χ0) is 13.4. The van der Waals surface area contributed by atoms with Crippen molar-refractivity contribution in [2.24, 2.45) is 5.73 Å². The number of hydrogen-bond donors (Lipinski definition) is 1. The highest BCUT2D eigenvalue weighted by Gasteiger charge is 2.35. The zero-order valence-corrected chi connectivity index (χ0v) is 11.4. The summed E-state index contributed by atoms with van der Waals surface area (Å²) in [4.78, 5) is 0. The number of benzene rings is 1. The molecule has 102 valence electrons. The predicted molar refractivity (Wildman–Crippen MR) is 71.6 cm³/mol. The Hall–Kier alpha value is -1.10. The largest absolute Gasteiger partial charge is 0.493 e. The lowest BCUT2D eigenvalue weighted by Crippen LogP contribution is -2.41. The molecule has 0 saturated heterocycles. The van der Waals surface area contributed by atoms with E-state index in [-0.39, 0.29) is 6.54 Å². The van der Waals surface area contributed by atoms with E-state index in [1.54, 1.807) is 0 Å². The lowest BCUT2D eigenvalue weighted by atomic mass is 10.0. The van der Waals surface area contributed by atoms with Crippen LogP contribution in [0.3, 0.4) is 0 Å². The van der Waals surface area contributed by atoms with Crippen molar-refractivity contribution < 1.29 is 14.2 Å². The molecular formula is C14H23NO3. The van der Waals surface area contributed by atoms with Crippen molar-refractivity contribution in [1.29, 1.82) is 0 Å². The van der Waals surface area contributed by atoms with Gasteiger partial charge in [0.25, 0.3) is 0 Å². The van der Waals surface area contributed by atoms with Crippen LogP contribution < -0.4 is 10.5 Å². The molecule has 0 amide bonds. The van der Waals surface area contributed by atoms with Gasteiger partial charge < -0.3 is 19.9 Å². The van der Waals surface area contributed by atoms with E-state index >= 15 is 0 Å². The summed E-state index contributed by atoms with van der Waals surface area (Å²) in [5, 5.41) is 0. The fraction of sp³-hybridized carbons (Fsp3) is 0.571. The molecule has 1 aromatic rings. The van der Waals surface area contributed by atoms with Crippen LogP contribution in [0.2, 0.25) is 0 Å². The maximum atomic E-state index is 5.87. The Labute approximate surface area is 109 Å². The van der Waals surface area contributed by atoms with Gasteiger partial charge in [0.15, 0.2) is 0 Å². The van der Waals surface area contributed by atoms with Crippen molar-refractivity contribution in [3.05, 3.63) is 29.8 Å². The standard InChI is InChI=1S/C14H23NO3/c1-4-16-13-10-8-7-9-12(13)14(11-15,17-5-2)18-6-3/h7-10H,4-6,11,15H2,1-3H3. The summed E-state index contributed by atoms with van der Waals surface area (Å²) in [6, 6.07) is 7.69. The summed E-state index contributed by atoms with van der Waals surface area (Å²) in [6.45, 7) is 7.69. The average Bonchev–Trinajstić information content (AvgIpc) is 2.39. The van der Waals surface area contributed by atoms with Crippen molar-refractivity contribution in [3.63, 3.8) is 0 Å². The van der Waals surface area contributed by atoms with Crippen LogP contribution >= 0.6 is 0 Å². The van der Waals surface area contributed by atoms with Crippen LogP contribution in [0.4, 0.5) is 0 Å². The number of rotatable bonds is 8. The summed E-state index contributed by atoms with van der Waals surface area (Å²) < 4.78 is 17.2. The Kier molecular flexibility index (Phi) is 6.12. The molecule has 4 heteroatoms. The van der Waals surface area contributed by atoms with Gasteiger partial charge in [0.05, 0.1) is 18.7 Å². The number of hydrogen-bond acceptors (Lipinski definition) is 4. The quantitative estimate of drug-likeness (QED) is 0.722. The molecule has 0 spiro atoms. The Balaban J connectivity index is 3.18. The summed E-state index contributed by atoms with van der Waals surface area (Å²) in [5.41, 5.74) is 6.72. The summed E-state index contributed by atoms with van der Waals surface area (Å²) in [7, 11) is 0. The Bertz CT molecular complexity index is 349. The molecule has 0 saturated carbocycles. The van der Waals surface area contributed by atoms with Crippen LogP contribution in [0.15, 0.2) is 24.3 Å². The minimum Gasteiger partial charge on any atom is -0.493 e. The zero-order valence-electron chi connectivity index (χ0n) is 11.4. The van der Waals surface area contributed by atoms with E-state index in [0.29, 0.717) is 19.8 Å². The Morgan fingerprint density at radius 1 is 1.00 bits per heavy atom. The monoisotopic (exact) mass is 253 g/mol. The Morgan fingerprint density at radius 2 is 1.61 bits per heavy atom. The van der Waals surface area contributed by atoms with Crippen LogP contribution in [0.5, 0.6) is 5.75 Å². The molecule has 0 heterocycles. The van der Waals surface area contributed by atoms with E-state index in [4.69, 9.17) is 19.9 Å². The molecule has 1 aromatic carbocycles.